The van der Waals surface area contributed by atoms with Crippen molar-refractivity contribution in [2.45, 2.75) is 57.3 Å². The second-order valence-electron chi connectivity index (χ2n) is 8.37. The third-order valence-corrected chi connectivity index (χ3v) is 7.06. The lowest BCUT2D eigenvalue weighted by molar-refractivity contribution is -0.177. The fourth-order valence-corrected chi connectivity index (χ4v) is 6.55. The van der Waals surface area contributed by atoms with Gasteiger partial charge in [-0.25, -0.2) is 0 Å². The summed E-state index contributed by atoms with van der Waals surface area (Å²) in [4.78, 5) is 26.5. The van der Waals surface area contributed by atoms with Crippen LogP contribution < -0.4 is 0 Å². The highest BCUT2D eigenvalue weighted by Crippen LogP contribution is 2.74. The Morgan fingerprint density at radius 3 is 2.75 bits per heavy atom. The van der Waals surface area contributed by atoms with E-state index in [4.69, 9.17) is 9.47 Å². The molecule has 4 heteroatoms. The molecule has 126 valence electrons. The summed E-state index contributed by atoms with van der Waals surface area (Å²) < 4.78 is 12.5. The van der Waals surface area contributed by atoms with Crippen LogP contribution in [0.1, 0.15) is 40.0 Å². The summed E-state index contributed by atoms with van der Waals surface area (Å²) in [6.07, 6.45) is 6.01. The van der Waals surface area contributed by atoms with Crippen molar-refractivity contribution >= 4 is 11.8 Å². The number of esters is 1. The number of rotatable bonds is 1. The molecule has 0 aromatic rings. The van der Waals surface area contributed by atoms with Crippen LogP contribution in [0.2, 0.25) is 0 Å². The number of ether oxygens (including phenoxy) is 2. The fraction of sp³-hybridized carbons (Fsp3) is 0.600. The highest BCUT2D eigenvalue weighted by molar-refractivity contribution is 6.09. The quantitative estimate of drug-likeness (QED) is 0.549. The lowest BCUT2D eigenvalue weighted by Crippen LogP contribution is -2.57. The molecule has 3 fully saturated rings. The molecule has 3 spiro atoms. The van der Waals surface area contributed by atoms with Crippen molar-refractivity contribution in [1.82, 2.24) is 0 Å². The van der Waals surface area contributed by atoms with Gasteiger partial charge in [-0.1, -0.05) is 17.7 Å². The van der Waals surface area contributed by atoms with Crippen LogP contribution in [0.15, 0.2) is 35.5 Å². The van der Waals surface area contributed by atoms with Crippen molar-refractivity contribution in [2.24, 2.45) is 17.3 Å². The van der Waals surface area contributed by atoms with Crippen LogP contribution in [0.4, 0.5) is 0 Å². The van der Waals surface area contributed by atoms with Crippen LogP contribution in [0.25, 0.3) is 0 Å². The number of Topliss-reactive ketones (excluding diaryl/α,β-unsaturated/α-hetero) is 1. The topological polar surface area (TPSA) is 52.6 Å². The van der Waals surface area contributed by atoms with E-state index in [1.54, 1.807) is 0 Å². The Labute approximate surface area is 141 Å². The zero-order valence-electron chi connectivity index (χ0n) is 14.3. The fourth-order valence-electron chi connectivity index (χ4n) is 6.55. The highest BCUT2D eigenvalue weighted by Gasteiger charge is 2.86. The maximum absolute atomic E-state index is 13.4. The second kappa shape index (κ2) is 3.93. The van der Waals surface area contributed by atoms with E-state index in [9.17, 15) is 9.59 Å². The van der Waals surface area contributed by atoms with Crippen molar-refractivity contribution in [2.75, 3.05) is 0 Å². The number of carbonyl (C=O) groups is 2. The molecular formula is C20H22O4. The van der Waals surface area contributed by atoms with Crippen LogP contribution in [-0.4, -0.2) is 29.1 Å². The molecule has 5 aliphatic rings. The number of ketones is 1. The molecule has 3 aliphatic heterocycles. The van der Waals surface area contributed by atoms with Gasteiger partial charge in [0.2, 0.25) is 0 Å². The van der Waals surface area contributed by atoms with Crippen molar-refractivity contribution in [3.05, 3.63) is 35.5 Å². The van der Waals surface area contributed by atoms with E-state index in [2.05, 4.69) is 12.7 Å². The molecule has 5 rings (SSSR count). The minimum atomic E-state index is -1.13. The Kier molecular flexibility index (Phi) is 2.40. The first-order chi connectivity index (χ1) is 11.3. The van der Waals surface area contributed by atoms with Gasteiger partial charge in [-0.2, -0.15) is 0 Å². The van der Waals surface area contributed by atoms with E-state index in [1.807, 2.05) is 26.8 Å². The maximum Gasteiger partial charge on any atom is 0.316 e. The smallest absolute Gasteiger partial charge is 0.316 e. The number of carbonyl (C=O) groups excluding carboxylic acids is 2. The molecule has 2 bridgehead atoms. The normalized spacial score (nSPS) is 50.9. The Morgan fingerprint density at radius 1 is 1.29 bits per heavy atom. The van der Waals surface area contributed by atoms with Gasteiger partial charge in [0.05, 0.1) is 5.92 Å². The molecular weight excluding hydrogens is 304 g/mol. The molecule has 2 aliphatic carbocycles. The summed E-state index contributed by atoms with van der Waals surface area (Å²) in [5.41, 5.74) is 0.104. The van der Waals surface area contributed by atoms with Crippen LogP contribution in [0, 0.1) is 17.3 Å². The van der Waals surface area contributed by atoms with Crippen molar-refractivity contribution in [3.63, 3.8) is 0 Å². The third-order valence-electron chi connectivity index (χ3n) is 7.06. The van der Waals surface area contributed by atoms with Crippen LogP contribution in [-0.2, 0) is 19.1 Å². The molecule has 4 nitrogen and oxygen atoms in total. The average Bonchev–Trinajstić information content (AvgIpc) is 3.01. The van der Waals surface area contributed by atoms with E-state index in [1.165, 1.54) is 0 Å². The standard InChI is InChI=1S/C20H22O4/c1-10(2)13-5-6-19-15-14(23-17(19)22)7-11(3)8-18(15)9-12(4)16(21)20(13,19)24-18/h8-9,13-15H,1,5-7H2,2-4H3/t13-,14-,15-,18+,19+,20-/m1/s1. The lowest BCUT2D eigenvalue weighted by Gasteiger charge is -2.43. The van der Waals surface area contributed by atoms with Gasteiger partial charge >= 0.3 is 5.97 Å². The average molecular weight is 326 g/mol. The van der Waals surface area contributed by atoms with Gasteiger partial charge in [-0.05, 0) is 51.3 Å². The molecule has 1 saturated carbocycles. The van der Waals surface area contributed by atoms with Crippen molar-refractivity contribution in [1.29, 1.82) is 0 Å². The van der Waals surface area contributed by atoms with E-state index in [0.29, 0.717) is 12.0 Å². The SMILES string of the molecule is C=C(C)[C@H]1CC[C@]23C(=O)O[C@@H]4CC(C)=C[C@]5(C=C(C)C(=O)[C@]12O5)[C@@H]43. The van der Waals surface area contributed by atoms with Gasteiger partial charge in [-0.3, -0.25) is 9.59 Å². The minimum Gasteiger partial charge on any atom is -0.461 e. The maximum atomic E-state index is 13.4. The van der Waals surface area contributed by atoms with Gasteiger partial charge in [0, 0.05) is 12.3 Å². The molecule has 6 atom stereocenters. The summed E-state index contributed by atoms with van der Waals surface area (Å²) in [6, 6.07) is 0. The monoisotopic (exact) mass is 326 g/mol. The molecule has 0 aromatic carbocycles. The zero-order valence-corrected chi connectivity index (χ0v) is 14.3. The zero-order chi connectivity index (χ0) is 17.1. The van der Waals surface area contributed by atoms with Crippen LogP contribution in [0.5, 0.6) is 0 Å². The van der Waals surface area contributed by atoms with E-state index >= 15 is 0 Å². The Morgan fingerprint density at radius 2 is 2.04 bits per heavy atom. The van der Waals surface area contributed by atoms with Crippen molar-refractivity contribution < 1.29 is 19.1 Å². The molecule has 0 radical (unpaired) electrons. The molecule has 3 heterocycles. The summed E-state index contributed by atoms with van der Waals surface area (Å²) in [5.74, 6) is -0.512. The summed E-state index contributed by atoms with van der Waals surface area (Å²) in [5, 5.41) is 0. The predicted molar refractivity (Wildman–Crippen MR) is 87.0 cm³/mol. The first-order valence-corrected chi connectivity index (χ1v) is 8.78. The first kappa shape index (κ1) is 14.6. The number of hydrogen-bond donors (Lipinski definition) is 0. The first-order valence-electron chi connectivity index (χ1n) is 8.78. The highest BCUT2D eigenvalue weighted by atomic mass is 16.6. The van der Waals surface area contributed by atoms with Gasteiger partial charge in [0.15, 0.2) is 11.4 Å². The summed E-state index contributed by atoms with van der Waals surface area (Å²) in [7, 11) is 0. The van der Waals surface area contributed by atoms with Gasteiger partial charge in [0.25, 0.3) is 0 Å². The summed E-state index contributed by atoms with van der Waals surface area (Å²) in [6.45, 7) is 9.96. The van der Waals surface area contributed by atoms with Crippen molar-refractivity contribution in [3.8, 4) is 0 Å². The predicted octanol–water partition coefficient (Wildman–Crippen LogP) is 2.89. The molecule has 0 aromatic heterocycles. The van der Waals surface area contributed by atoms with Crippen LogP contribution in [0.3, 0.4) is 0 Å². The molecule has 0 unspecified atom stereocenters. The molecule has 24 heavy (non-hydrogen) atoms. The molecule has 0 amide bonds. The number of hydrogen-bond acceptors (Lipinski definition) is 4. The van der Waals surface area contributed by atoms with E-state index in [0.717, 1.165) is 24.0 Å². The molecule has 0 N–H and O–H groups in total. The van der Waals surface area contributed by atoms with Gasteiger partial charge in [0.1, 0.15) is 17.1 Å². The second-order valence-corrected chi connectivity index (χ2v) is 8.37. The summed E-state index contributed by atoms with van der Waals surface area (Å²) >= 11 is 0. The third kappa shape index (κ3) is 1.21. The lowest BCUT2D eigenvalue weighted by atomic mass is 9.60. The molecule has 2 saturated heterocycles. The Bertz CT molecular complexity index is 789. The van der Waals surface area contributed by atoms with E-state index < -0.39 is 16.6 Å². The van der Waals surface area contributed by atoms with Gasteiger partial charge < -0.3 is 9.47 Å². The Balaban J connectivity index is 1.88. The van der Waals surface area contributed by atoms with Crippen LogP contribution >= 0.6 is 0 Å². The Hall–Kier alpha value is -1.68. The van der Waals surface area contributed by atoms with E-state index in [-0.39, 0.29) is 29.7 Å². The van der Waals surface area contributed by atoms with Gasteiger partial charge in [-0.15, -0.1) is 0 Å². The largest absolute Gasteiger partial charge is 0.461 e. The minimum absolute atomic E-state index is 0.0447.